The maximum absolute atomic E-state index is 12.8. The Labute approximate surface area is 150 Å². The van der Waals surface area contributed by atoms with Gasteiger partial charge in [0.1, 0.15) is 12.4 Å². The van der Waals surface area contributed by atoms with Crippen molar-refractivity contribution in [3.63, 3.8) is 0 Å². The summed E-state index contributed by atoms with van der Waals surface area (Å²) >= 11 is 0. The number of nitrogens with zero attached hydrogens (tertiary/aromatic N) is 2. The fourth-order valence-electron chi connectivity index (χ4n) is 3.12. The molecule has 0 bridgehead atoms. The molecule has 132 valence electrons. The van der Waals surface area contributed by atoms with Crippen LogP contribution in [-0.2, 0) is 6.61 Å². The molecular weight excluding hydrogens is 312 g/mol. The normalized spacial score (nSPS) is 15.7. The summed E-state index contributed by atoms with van der Waals surface area (Å²) in [5.74, 6) is 0.829. The molecule has 1 heterocycles. The highest BCUT2D eigenvalue weighted by Gasteiger charge is 2.19. The fourth-order valence-corrected chi connectivity index (χ4v) is 3.12. The van der Waals surface area contributed by atoms with Crippen LogP contribution < -0.4 is 4.74 Å². The lowest BCUT2D eigenvalue weighted by Gasteiger charge is -2.21. The van der Waals surface area contributed by atoms with E-state index < -0.39 is 0 Å². The number of carbonyl (C=O) groups is 1. The molecule has 0 atom stereocenters. The summed E-state index contributed by atoms with van der Waals surface area (Å²) in [6.07, 6.45) is 1.02. The number of ether oxygens (including phenoxy) is 1. The third kappa shape index (κ3) is 4.83. The average molecular weight is 338 g/mol. The van der Waals surface area contributed by atoms with Gasteiger partial charge in [-0.3, -0.25) is 4.79 Å². The molecule has 1 aliphatic rings. The van der Waals surface area contributed by atoms with E-state index in [9.17, 15) is 4.79 Å². The first-order valence-corrected chi connectivity index (χ1v) is 8.88. The highest BCUT2D eigenvalue weighted by Crippen LogP contribution is 2.18. The molecule has 1 fully saturated rings. The van der Waals surface area contributed by atoms with Crippen LogP contribution in [0.3, 0.4) is 0 Å². The highest BCUT2D eigenvalue weighted by atomic mass is 16.5. The predicted octanol–water partition coefficient (Wildman–Crippen LogP) is 3.35. The minimum Gasteiger partial charge on any atom is -0.489 e. The van der Waals surface area contributed by atoms with Gasteiger partial charge in [-0.05, 0) is 50.7 Å². The summed E-state index contributed by atoms with van der Waals surface area (Å²) in [5, 5.41) is 0. The lowest BCUT2D eigenvalue weighted by molar-refractivity contribution is 0.0762. The zero-order valence-corrected chi connectivity index (χ0v) is 15.1. The van der Waals surface area contributed by atoms with Gasteiger partial charge in [0.15, 0.2) is 0 Å². The molecule has 1 aliphatic heterocycles. The minimum absolute atomic E-state index is 0.0938. The fraction of sp³-hybridized carbons (Fsp3) is 0.381. The zero-order chi connectivity index (χ0) is 17.6. The Bertz CT molecular complexity index is 729. The molecule has 0 radical (unpaired) electrons. The number of aryl methyl sites for hydroxylation is 1. The molecule has 0 spiro atoms. The van der Waals surface area contributed by atoms with Gasteiger partial charge in [0.05, 0.1) is 0 Å². The lowest BCUT2D eigenvalue weighted by atomic mass is 10.1. The summed E-state index contributed by atoms with van der Waals surface area (Å²) in [5.41, 5.74) is 3.05. The van der Waals surface area contributed by atoms with E-state index >= 15 is 0 Å². The number of likely N-dealkylation sites (N-methyl/N-ethyl adjacent to an activating group) is 1. The molecule has 0 N–H and O–H groups in total. The molecule has 4 heteroatoms. The first-order valence-electron chi connectivity index (χ1n) is 8.88. The van der Waals surface area contributed by atoms with Gasteiger partial charge in [0, 0.05) is 25.2 Å². The number of rotatable bonds is 4. The number of benzene rings is 2. The molecule has 0 saturated carbocycles. The zero-order valence-electron chi connectivity index (χ0n) is 15.1. The smallest absolute Gasteiger partial charge is 0.254 e. The van der Waals surface area contributed by atoms with Crippen molar-refractivity contribution in [3.05, 3.63) is 65.2 Å². The van der Waals surface area contributed by atoms with Crippen molar-refractivity contribution in [2.75, 3.05) is 33.2 Å². The first kappa shape index (κ1) is 17.5. The van der Waals surface area contributed by atoms with Gasteiger partial charge in [-0.1, -0.05) is 35.9 Å². The Hall–Kier alpha value is -2.33. The highest BCUT2D eigenvalue weighted by molar-refractivity contribution is 5.94. The third-order valence-corrected chi connectivity index (χ3v) is 4.58. The van der Waals surface area contributed by atoms with Gasteiger partial charge in [0.2, 0.25) is 0 Å². The van der Waals surface area contributed by atoms with Gasteiger partial charge in [0.25, 0.3) is 5.91 Å². The van der Waals surface area contributed by atoms with E-state index in [4.69, 9.17) is 4.74 Å². The van der Waals surface area contributed by atoms with Crippen LogP contribution in [0.1, 0.15) is 27.9 Å². The standard InChI is InChI=1S/C21H26N2O2/c1-17-6-3-7-18(14-17)16-25-20-9-4-8-19(15-20)21(24)23-11-5-10-22(2)12-13-23/h3-4,6-9,14-15H,5,10-13,16H2,1-2H3. The molecule has 4 nitrogen and oxygen atoms in total. The molecule has 0 aromatic heterocycles. The predicted molar refractivity (Wildman–Crippen MR) is 100.0 cm³/mol. The van der Waals surface area contributed by atoms with Crippen molar-refractivity contribution in [2.45, 2.75) is 20.0 Å². The van der Waals surface area contributed by atoms with E-state index in [1.807, 2.05) is 35.2 Å². The molecule has 2 aromatic carbocycles. The monoisotopic (exact) mass is 338 g/mol. The van der Waals surface area contributed by atoms with Crippen molar-refractivity contribution in [3.8, 4) is 5.75 Å². The van der Waals surface area contributed by atoms with Crippen molar-refractivity contribution in [1.82, 2.24) is 9.80 Å². The van der Waals surface area contributed by atoms with Crippen LogP contribution in [0.25, 0.3) is 0 Å². The number of hydrogen-bond donors (Lipinski definition) is 0. The third-order valence-electron chi connectivity index (χ3n) is 4.58. The van der Waals surface area contributed by atoms with Crippen molar-refractivity contribution in [2.24, 2.45) is 0 Å². The quantitative estimate of drug-likeness (QED) is 0.857. The van der Waals surface area contributed by atoms with Crippen LogP contribution in [0.4, 0.5) is 0 Å². The molecule has 1 amide bonds. The van der Waals surface area contributed by atoms with Crippen LogP contribution in [0.2, 0.25) is 0 Å². The second kappa shape index (κ2) is 8.17. The Balaban J connectivity index is 1.65. The first-order chi connectivity index (χ1) is 12.1. The summed E-state index contributed by atoms with van der Waals surface area (Å²) in [4.78, 5) is 17.0. The molecular formula is C21H26N2O2. The van der Waals surface area contributed by atoms with E-state index in [2.05, 4.69) is 37.1 Å². The van der Waals surface area contributed by atoms with Crippen molar-refractivity contribution < 1.29 is 9.53 Å². The Morgan fingerprint density at radius 2 is 1.88 bits per heavy atom. The Morgan fingerprint density at radius 1 is 1.04 bits per heavy atom. The van der Waals surface area contributed by atoms with Crippen LogP contribution in [0.15, 0.2) is 48.5 Å². The molecule has 1 saturated heterocycles. The number of carbonyl (C=O) groups excluding carboxylic acids is 1. The van der Waals surface area contributed by atoms with Crippen LogP contribution >= 0.6 is 0 Å². The van der Waals surface area contributed by atoms with Gasteiger partial charge in [-0.15, -0.1) is 0 Å². The van der Waals surface area contributed by atoms with Gasteiger partial charge >= 0.3 is 0 Å². The second-order valence-electron chi connectivity index (χ2n) is 6.75. The number of hydrogen-bond acceptors (Lipinski definition) is 3. The minimum atomic E-state index is 0.0938. The molecule has 25 heavy (non-hydrogen) atoms. The molecule has 0 aliphatic carbocycles. The maximum Gasteiger partial charge on any atom is 0.254 e. The summed E-state index contributed by atoms with van der Waals surface area (Å²) in [7, 11) is 2.10. The lowest BCUT2D eigenvalue weighted by Crippen LogP contribution is -2.34. The Morgan fingerprint density at radius 3 is 2.72 bits per heavy atom. The largest absolute Gasteiger partial charge is 0.489 e. The van der Waals surface area contributed by atoms with E-state index in [0.29, 0.717) is 12.2 Å². The van der Waals surface area contributed by atoms with Gasteiger partial charge in [-0.2, -0.15) is 0 Å². The van der Waals surface area contributed by atoms with E-state index in [0.717, 1.165) is 43.9 Å². The van der Waals surface area contributed by atoms with Crippen LogP contribution in [0, 0.1) is 6.92 Å². The Kier molecular flexibility index (Phi) is 5.71. The average Bonchev–Trinajstić information content (AvgIpc) is 2.84. The maximum atomic E-state index is 12.8. The number of amides is 1. The van der Waals surface area contributed by atoms with Crippen molar-refractivity contribution in [1.29, 1.82) is 0 Å². The van der Waals surface area contributed by atoms with Gasteiger partial charge < -0.3 is 14.5 Å². The summed E-state index contributed by atoms with van der Waals surface area (Å²) in [6.45, 7) is 6.15. The van der Waals surface area contributed by atoms with Crippen LogP contribution in [0.5, 0.6) is 5.75 Å². The van der Waals surface area contributed by atoms with E-state index in [1.54, 1.807) is 0 Å². The van der Waals surface area contributed by atoms with Gasteiger partial charge in [-0.25, -0.2) is 0 Å². The van der Waals surface area contributed by atoms with E-state index in [1.165, 1.54) is 5.56 Å². The summed E-state index contributed by atoms with van der Waals surface area (Å²) in [6, 6.07) is 15.8. The molecule has 2 aromatic rings. The van der Waals surface area contributed by atoms with E-state index in [-0.39, 0.29) is 5.91 Å². The SMILES string of the molecule is Cc1cccc(COc2cccc(C(=O)N3CCCN(C)CC3)c2)c1. The topological polar surface area (TPSA) is 32.8 Å². The second-order valence-corrected chi connectivity index (χ2v) is 6.75. The summed E-state index contributed by atoms with van der Waals surface area (Å²) < 4.78 is 5.89. The van der Waals surface area contributed by atoms with Crippen molar-refractivity contribution >= 4 is 5.91 Å². The molecule has 0 unspecified atom stereocenters. The van der Waals surface area contributed by atoms with Crippen LogP contribution in [-0.4, -0.2) is 48.9 Å². The molecule has 3 rings (SSSR count).